The first-order valence-electron chi connectivity index (χ1n) is 6.33. The van der Waals surface area contributed by atoms with E-state index in [1.54, 1.807) is 0 Å². The van der Waals surface area contributed by atoms with Crippen LogP contribution in [0.3, 0.4) is 0 Å². The zero-order valence-electron chi connectivity index (χ0n) is 10.2. The fraction of sp³-hybridized carbons (Fsp3) is 1.00. The van der Waals surface area contributed by atoms with Gasteiger partial charge in [0.2, 0.25) is 0 Å². The SMILES string of the molecule is CCCC[N+]1(CCCC)CSCC(O)C1. The van der Waals surface area contributed by atoms with Crippen LogP contribution < -0.4 is 0 Å². The van der Waals surface area contributed by atoms with Crippen molar-refractivity contribution in [3.8, 4) is 0 Å². The Labute approximate surface area is 98.6 Å². The third-order valence-electron chi connectivity index (χ3n) is 3.25. The van der Waals surface area contributed by atoms with Crippen molar-refractivity contribution in [2.75, 3.05) is 31.3 Å². The average molecular weight is 232 g/mol. The molecular formula is C12H26NOS+. The summed E-state index contributed by atoms with van der Waals surface area (Å²) in [5.74, 6) is 2.16. The van der Waals surface area contributed by atoms with Gasteiger partial charge in [0.05, 0.1) is 13.1 Å². The molecule has 0 aromatic heterocycles. The quantitative estimate of drug-likeness (QED) is 0.710. The fourth-order valence-electron chi connectivity index (χ4n) is 2.35. The van der Waals surface area contributed by atoms with Crippen LogP contribution in [0.2, 0.25) is 0 Å². The lowest BCUT2D eigenvalue weighted by atomic mass is 10.2. The minimum atomic E-state index is -0.0718. The highest BCUT2D eigenvalue weighted by atomic mass is 32.2. The molecule has 1 fully saturated rings. The number of aliphatic hydroxyl groups excluding tert-OH is 1. The molecular weight excluding hydrogens is 206 g/mol. The van der Waals surface area contributed by atoms with Crippen molar-refractivity contribution in [3.63, 3.8) is 0 Å². The summed E-state index contributed by atoms with van der Waals surface area (Å²) in [7, 11) is 0. The molecule has 90 valence electrons. The number of quaternary nitrogens is 1. The van der Waals surface area contributed by atoms with E-state index in [1.807, 2.05) is 11.8 Å². The second-order valence-corrected chi connectivity index (χ2v) is 5.83. The largest absolute Gasteiger partial charge is 0.386 e. The molecule has 1 saturated heterocycles. The summed E-state index contributed by atoms with van der Waals surface area (Å²) in [6.45, 7) is 8.03. The molecule has 1 unspecified atom stereocenters. The number of unbranched alkanes of at least 4 members (excludes halogenated alkanes) is 2. The van der Waals surface area contributed by atoms with Crippen LogP contribution in [0.1, 0.15) is 39.5 Å². The Morgan fingerprint density at radius 2 is 1.80 bits per heavy atom. The monoisotopic (exact) mass is 232 g/mol. The predicted molar refractivity (Wildman–Crippen MR) is 68.0 cm³/mol. The first-order chi connectivity index (χ1) is 7.22. The van der Waals surface area contributed by atoms with Crippen LogP contribution in [0.25, 0.3) is 0 Å². The van der Waals surface area contributed by atoms with Crippen molar-refractivity contribution in [1.82, 2.24) is 0 Å². The second kappa shape index (κ2) is 6.77. The Balaban J connectivity index is 2.49. The zero-order chi connectivity index (χ0) is 11.1. The minimum Gasteiger partial charge on any atom is -0.386 e. The molecule has 1 rings (SSSR count). The van der Waals surface area contributed by atoms with Crippen molar-refractivity contribution in [2.45, 2.75) is 45.6 Å². The molecule has 0 aromatic carbocycles. The first-order valence-corrected chi connectivity index (χ1v) is 7.49. The smallest absolute Gasteiger partial charge is 0.126 e. The Morgan fingerprint density at radius 3 is 2.27 bits per heavy atom. The number of aliphatic hydroxyl groups is 1. The molecule has 0 bridgehead atoms. The summed E-state index contributed by atoms with van der Waals surface area (Å²) in [5.41, 5.74) is 0. The van der Waals surface area contributed by atoms with Crippen LogP contribution >= 0.6 is 11.8 Å². The van der Waals surface area contributed by atoms with Crippen molar-refractivity contribution in [2.24, 2.45) is 0 Å². The fourth-order valence-corrected chi connectivity index (χ4v) is 3.58. The number of hydrogen-bond donors (Lipinski definition) is 1. The van der Waals surface area contributed by atoms with E-state index in [0.29, 0.717) is 0 Å². The van der Waals surface area contributed by atoms with E-state index in [4.69, 9.17) is 0 Å². The third kappa shape index (κ3) is 4.33. The lowest BCUT2D eigenvalue weighted by Crippen LogP contribution is -2.56. The molecule has 1 aliphatic heterocycles. The average Bonchev–Trinajstić information content (AvgIpc) is 2.24. The normalized spacial score (nSPS) is 25.4. The molecule has 1 heterocycles. The molecule has 1 aliphatic rings. The summed E-state index contributed by atoms with van der Waals surface area (Å²) >= 11 is 1.93. The van der Waals surface area contributed by atoms with Crippen molar-refractivity contribution in [3.05, 3.63) is 0 Å². The van der Waals surface area contributed by atoms with Gasteiger partial charge in [-0.15, -0.1) is 0 Å². The van der Waals surface area contributed by atoms with Gasteiger partial charge in [-0.1, -0.05) is 38.5 Å². The van der Waals surface area contributed by atoms with Gasteiger partial charge in [0, 0.05) is 5.75 Å². The second-order valence-electron chi connectivity index (χ2n) is 4.83. The van der Waals surface area contributed by atoms with Gasteiger partial charge in [-0.2, -0.15) is 0 Å². The molecule has 0 aliphatic carbocycles. The van der Waals surface area contributed by atoms with Crippen LogP contribution in [-0.2, 0) is 0 Å². The molecule has 1 atom stereocenters. The molecule has 0 spiro atoms. The van der Waals surface area contributed by atoms with Gasteiger partial charge in [-0.05, 0) is 12.8 Å². The van der Waals surface area contributed by atoms with Crippen LogP contribution in [0.5, 0.6) is 0 Å². The first kappa shape index (κ1) is 13.3. The number of hydrogen-bond acceptors (Lipinski definition) is 2. The summed E-state index contributed by atoms with van der Waals surface area (Å²) < 4.78 is 1.16. The van der Waals surface area contributed by atoms with E-state index < -0.39 is 0 Å². The van der Waals surface area contributed by atoms with Gasteiger partial charge >= 0.3 is 0 Å². The van der Waals surface area contributed by atoms with Crippen molar-refractivity contribution >= 4 is 11.8 Å². The maximum Gasteiger partial charge on any atom is 0.126 e. The van der Waals surface area contributed by atoms with Crippen LogP contribution in [0.15, 0.2) is 0 Å². The molecule has 3 heteroatoms. The number of nitrogens with zero attached hydrogens (tertiary/aromatic N) is 1. The van der Waals surface area contributed by atoms with Gasteiger partial charge < -0.3 is 9.59 Å². The van der Waals surface area contributed by atoms with Gasteiger partial charge in [0.15, 0.2) is 0 Å². The van der Waals surface area contributed by atoms with Crippen LogP contribution in [0, 0.1) is 0 Å². The third-order valence-corrected chi connectivity index (χ3v) is 4.60. The Morgan fingerprint density at radius 1 is 1.20 bits per heavy atom. The molecule has 0 aromatic rings. The number of thioether (sulfide) groups is 1. The molecule has 2 nitrogen and oxygen atoms in total. The maximum absolute atomic E-state index is 9.81. The van der Waals surface area contributed by atoms with Gasteiger partial charge in [-0.3, -0.25) is 0 Å². The Kier molecular flexibility index (Phi) is 6.02. The molecule has 0 amide bonds. The van der Waals surface area contributed by atoms with E-state index in [9.17, 15) is 5.11 Å². The van der Waals surface area contributed by atoms with Gasteiger partial charge in [0.25, 0.3) is 0 Å². The molecule has 15 heavy (non-hydrogen) atoms. The van der Waals surface area contributed by atoms with E-state index in [0.717, 1.165) is 16.8 Å². The van der Waals surface area contributed by atoms with E-state index in [1.165, 1.54) is 44.6 Å². The van der Waals surface area contributed by atoms with E-state index in [2.05, 4.69) is 13.8 Å². The highest BCUT2D eigenvalue weighted by Gasteiger charge is 2.33. The summed E-state index contributed by atoms with van der Waals surface area (Å²) in [6, 6.07) is 0. The van der Waals surface area contributed by atoms with Crippen LogP contribution in [0.4, 0.5) is 0 Å². The summed E-state index contributed by atoms with van der Waals surface area (Å²) in [4.78, 5) is 0. The van der Waals surface area contributed by atoms with Crippen molar-refractivity contribution in [1.29, 1.82) is 0 Å². The van der Waals surface area contributed by atoms with E-state index >= 15 is 0 Å². The van der Waals surface area contributed by atoms with Crippen LogP contribution in [-0.4, -0.2) is 47.0 Å². The number of rotatable bonds is 6. The zero-order valence-corrected chi connectivity index (χ0v) is 11.1. The van der Waals surface area contributed by atoms with Gasteiger partial charge in [0.1, 0.15) is 18.5 Å². The highest BCUT2D eigenvalue weighted by molar-refractivity contribution is 7.99. The molecule has 0 radical (unpaired) electrons. The standard InChI is InChI=1S/C12H26NOS/c1-3-5-7-13(8-6-4-2)9-12(14)10-15-11-13/h12,14H,3-11H2,1-2H3/q+1. The summed E-state index contributed by atoms with van der Waals surface area (Å²) in [6.07, 6.45) is 5.07. The Bertz CT molecular complexity index is 167. The van der Waals surface area contributed by atoms with E-state index in [-0.39, 0.29) is 6.10 Å². The molecule has 1 N–H and O–H groups in total. The van der Waals surface area contributed by atoms with Crippen molar-refractivity contribution < 1.29 is 9.59 Å². The summed E-state index contributed by atoms with van der Waals surface area (Å²) in [5, 5.41) is 9.81. The highest BCUT2D eigenvalue weighted by Crippen LogP contribution is 2.24. The maximum atomic E-state index is 9.81. The lowest BCUT2D eigenvalue weighted by Gasteiger charge is -2.43. The van der Waals surface area contributed by atoms with Gasteiger partial charge in [-0.25, -0.2) is 0 Å². The topological polar surface area (TPSA) is 20.2 Å². The molecule has 0 saturated carbocycles. The minimum absolute atomic E-state index is 0.0718. The lowest BCUT2D eigenvalue weighted by molar-refractivity contribution is -0.920. The Hall–Kier alpha value is 0.270. The predicted octanol–water partition coefficient (Wildman–Crippen LogP) is 2.47.